The molecule has 5 nitrogen and oxygen atoms in total. The Morgan fingerprint density at radius 2 is 2.32 bits per heavy atom. The highest BCUT2D eigenvalue weighted by Crippen LogP contribution is 2.38. The lowest BCUT2D eigenvalue weighted by molar-refractivity contribution is 0.0951. The maximum atomic E-state index is 12.1. The minimum Gasteiger partial charge on any atom is -0.494 e. The van der Waals surface area contributed by atoms with Crippen LogP contribution in [0.3, 0.4) is 0 Å². The van der Waals surface area contributed by atoms with Gasteiger partial charge >= 0.3 is 0 Å². The molecule has 7 heteroatoms. The number of aryl methyl sites for hydroxylation is 2. The summed E-state index contributed by atoms with van der Waals surface area (Å²) in [6.45, 7) is 4.14. The average molecular weight is 345 g/mol. The van der Waals surface area contributed by atoms with Crippen LogP contribution in [-0.2, 0) is 6.54 Å². The van der Waals surface area contributed by atoms with Crippen LogP contribution in [0.5, 0.6) is 5.75 Å². The van der Waals surface area contributed by atoms with E-state index in [9.17, 15) is 4.79 Å². The predicted molar refractivity (Wildman–Crippen MR) is 75.7 cm³/mol. The van der Waals surface area contributed by atoms with E-state index in [1.807, 2.05) is 13.8 Å². The highest BCUT2D eigenvalue weighted by molar-refractivity contribution is 9.10. The predicted octanol–water partition coefficient (Wildman–Crippen LogP) is 3.05. The van der Waals surface area contributed by atoms with E-state index >= 15 is 0 Å². The lowest BCUT2D eigenvalue weighted by Gasteiger charge is -2.04. The average Bonchev–Trinajstić information content (AvgIpc) is 2.92. The zero-order chi connectivity index (χ0) is 14.0. The van der Waals surface area contributed by atoms with E-state index in [1.54, 1.807) is 13.4 Å². The minimum absolute atomic E-state index is 0.182. The molecule has 0 saturated heterocycles. The van der Waals surface area contributed by atoms with E-state index < -0.39 is 0 Å². The zero-order valence-corrected chi connectivity index (χ0v) is 13.1. The van der Waals surface area contributed by atoms with Crippen molar-refractivity contribution in [2.45, 2.75) is 20.4 Å². The fourth-order valence-corrected chi connectivity index (χ4v) is 3.23. The van der Waals surface area contributed by atoms with Crippen molar-refractivity contribution < 1.29 is 14.1 Å². The number of thiophene rings is 1. The lowest BCUT2D eigenvalue weighted by Crippen LogP contribution is -2.22. The first-order valence-corrected chi connectivity index (χ1v) is 7.16. The van der Waals surface area contributed by atoms with Crippen LogP contribution in [0, 0.1) is 13.8 Å². The molecular formula is C12H13BrN2O3S. The molecule has 0 aliphatic rings. The number of methoxy groups -OCH3 is 1. The SMILES string of the molecule is COc1c(C(=O)NCc2nocc2C)sc(C)c1Br. The van der Waals surface area contributed by atoms with Gasteiger partial charge in [0.1, 0.15) is 16.8 Å². The van der Waals surface area contributed by atoms with Crippen LogP contribution >= 0.6 is 27.3 Å². The summed E-state index contributed by atoms with van der Waals surface area (Å²) in [7, 11) is 1.55. The summed E-state index contributed by atoms with van der Waals surface area (Å²) >= 11 is 4.80. The molecule has 0 bridgehead atoms. The summed E-state index contributed by atoms with van der Waals surface area (Å²) < 4.78 is 10.9. The monoisotopic (exact) mass is 344 g/mol. The second-order valence-corrected chi connectivity index (χ2v) is 5.98. The summed E-state index contributed by atoms with van der Waals surface area (Å²) in [5.41, 5.74) is 1.63. The number of hydrogen-bond acceptors (Lipinski definition) is 5. The van der Waals surface area contributed by atoms with Crippen molar-refractivity contribution >= 4 is 33.2 Å². The van der Waals surface area contributed by atoms with Gasteiger partial charge in [0.05, 0.1) is 18.1 Å². The Bertz CT molecular complexity index is 606. The second-order valence-electron chi connectivity index (χ2n) is 3.96. The minimum atomic E-state index is -0.182. The molecule has 0 fully saturated rings. The zero-order valence-electron chi connectivity index (χ0n) is 10.7. The van der Waals surface area contributed by atoms with Gasteiger partial charge in [0, 0.05) is 10.4 Å². The highest BCUT2D eigenvalue weighted by atomic mass is 79.9. The quantitative estimate of drug-likeness (QED) is 0.925. The van der Waals surface area contributed by atoms with E-state index in [0.29, 0.717) is 17.2 Å². The Hall–Kier alpha value is -1.34. The number of ether oxygens (including phenoxy) is 1. The molecule has 2 aromatic heterocycles. The molecule has 0 saturated carbocycles. The molecule has 102 valence electrons. The summed E-state index contributed by atoms with van der Waals surface area (Å²) in [5, 5.41) is 6.63. The Morgan fingerprint density at radius 3 is 2.89 bits per heavy atom. The van der Waals surface area contributed by atoms with E-state index in [0.717, 1.165) is 20.6 Å². The second kappa shape index (κ2) is 5.75. The van der Waals surface area contributed by atoms with Gasteiger partial charge in [-0.1, -0.05) is 5.16 Å². The van der Waals surface area contributed by atoms with Crippen LogP contribution in [0.2, 0.25) is 0 Å². The molecule has 0 aliphatic heterocycles. The van der Waals surface area contributed by atoms with E-state index in [1.165, 1.54) is 11.3 Å². The normalized spacial score (nSPS) is 10.5. The number of halogens is 1. The third-order valence-electron chi connectivity index (χ3n) is 2.64. The maximum Gasteiger partial charge on any atom is 0.265 e. The molecule has 0 unspecified atom stereocenters. The Morgan fingerprint density at radius 1 is 1.58 bits per heavy atom. The van der Waals surface area contributed by atoms with Crippen molar-refractivity contribution in [3.63, 3.8) is 0 Å². The Balaban J connectivity index is 2.12. The third kappa shape index (κ3) is 2.82. The fourth-order valence-electron chi connectivity index (χ4n) is 1.56. The van der Waals surface area contributed by atoms with Crippen molar-refractivity contribution in [3.8, 4) is 5.75 Å². The molecule has 2 rings (SSSR count). The van der Waals surface area contributed by atoms with Crippen LogP contribution in [0.1, 0.15) is 25.8 Å². The van der Waals surface area contributed by atoms with E-state index in [-0.39, 0.29) is 5.91 Å². The van der Waals surface area contributed by atoms with Gasteiger partial charge in [-0.3, -0.25) is 4.79 Å². The van der Waals surface area contributed by atoms with Gasteiger partial charge in [-0.05, 0) is 29.8 Å². The van der Waals surface area contributed by atoms with Crippen LogP contribution in [-0.4, -0.2) is 18.2 Å². The molecule has 19 heavy (non-hydrogen) atoms. The van der Waals surface area contributed by atoms with Gasteiger partial charge in [-0.15, -0.1) is 11.3 Å². The third-order valence-corrected chi connectivity index (χ3v) is 4.95. The van der Waals surface area contributed by atoms with Crippen molar-refractivity contribution in [3.05, 3.63) is 31.7 Å². The molecule has 2 aromatic rings. The summed E-state index contributed by atoms with van der Waals surface area (Å²) in [4.78, 5) is 13.7. The summed E-state index contributed by atoms with van der Waals surface area (Å²) in [6, 6.07) is 0. The first-order chi connectivity index (χ1) is 9.04. The molecule has 0 aromatic carbocycles. The molecule has 2 heterocycles. The van der Waals surface area contributed by atoms with E-state index in [2.05, 4.69) is 26.4 Å². The number of carbonyl (C=O) groups is 1. The maximum absolute atomic E-state index is 12.1. The van der Waals surface area contributed by atoms with Crippen LogP contribution in [0.25, 0.3) is 0 Å². The highest BCUT2D eigenvalue weighted by Gasteiger charge is 2.20. The molecule has 0 aliphatic carbocycles. The van der Waals surface area contributed by atoms with Gasteiger partial charge in [0.2, 0.25) is 0 Å². The fraction of sp³-hybridized carbons (Fsp3) is 0.333. The number of hydrogen-bond donors (Lipinski definition) is 1. The van der Waals surface area contributed by atoms with Gasteiger partial charge in [-0.25, -0.2) is 0 Å². The topological polar surface area (TPSA) is 64.4 Å². The number of amides is 1. The number of aromatic nitrogens is 1. The van der Waals surface area contributed by atoms with Crippen molar-refractivity contribution in [2.75, 3.05) is 7.11 Å². The summed E-state index contributed by atoms with van der Waals surface area (Å²) in [6.07, 6.45) is 1.55. The number of rotatable bonds is 4. The van der Waals surface area contributed by atoms with Crippen LogP contribution in [0.4, 0.5) is 0 Å². The number of carbonyl (C=O) groups excluding carboxylic acids is 1. The lowest BCUT2D eigenvalue weighted by atomic mass is 10.3. The molecule has 0 radical (unpaired) electrons. The number of nitrogens with zero attached hydrogens (tertiary/aromatic N) is 1. The van der Waals surface area contributed by atoms with Crippen molar-refractivity contribution in [2.24, 2.45) is 0 Å². The Labute approximate surface area is 123 Å². The smallest absolute Gasteiger partial charge is 0.265 e. The van der Waals surface area contributed by atoms with E-state index in [4.69, 9.17) is 9.26 Å². The van der Waals surface area contributed by atoms with Gasteiger partial charge in [0.15, 0.2) is 5.75 Å². The molecule has 0 spiro atoms. The van der Waals surface area contributed by atoms with Gasteiger partial charge < -0.3 is 14.6 Å². The molecule has 1 amide bonds. The van der Waals surface area contributed by atoms with Gasteiger partial charge in [0.25, 0.3) is 5.91 Å². The largest absolute Gasteiger partial charge is 0.494 e. The summed E-state index contributed by atoms with van der Waals surface area (Å²) in [5.74, 6) is 0.384. The van der Waals surface area contributed by atoms with Crippen LogP contribution < -0.4 is 10.1 Å². The Kier molecular flexibility index (Phi) is 4.26. The van der Waals surface area contributed by atoms with Crippen molar-refractivity contribution in [1.29, 1.82) is 0 Å². The van der Waals surface area contributed by atoms with Crippen molar-refractivity contribution in [1.82, 2.24) is 10.5 Å². The standard InChI is InChI=1S/C12H13BrN2O3S/c1-6-5-18-15-8(6)4-14-12(16)11-10(17-3)9(13)7(2)19-11/h5H,4H2,1-3H3,(H,14,16). The first kappa shape index (κ1) is 14.1. The van der Waals surface area contributed by atoms with Crippen LogP contribution in [0.15, 0.2) is 15.3 Å². The molecule has 1 N–H and O–H groups in total. The number of nitrogens with one attached hydrogen (secondary N) is 1. The first-order valence-electron chi connectivity index (χ1n) is 5.55. The molecular weight excluding hydrogens is 332 g/mol. The molecule has 0 atom stereocenters. The van der Waals surface area contributed by atoms with Gasteiger partial charge in [-0.2, -0.15) is 0 Å².